The summed E-state index contributed by atoms with van der Waals surface area (Å²) in [5.41, 5.74) is 2.25. The summed E-state index contributed by atoms with van der Waals surface area (Å²) in [5, 5.41) is 24.9. The highest BCUT2D eigenvalue weighted by Gasteiger charge is 2.22. The molecule has 0 radical (unpaired) electrons. The molecule has 2 aromatic heterocycles. The zero-order valence-corrected chi connectivity index (χ0v) is 18.0. The van der Waals surface area contributed by atoms with Crippen LogP contribution in [0.4, 0.5) is 4.39 Å². The molecule has 1 aliphatic carbocycles. The Morgan fingerprint density at radius 1 is 1.19 bits per heavy atom. The van der Waals surface area contributed by atoms with Gasteiger partial charge in [0.15, 0.2) is 0 Å². The third-order valence-electron chi connectivity index (χ3n) is 5.89. The molecule has 0 atom stereocenters. The standard InChI is InChI=1S/C23H27FN6O2/c1-15-9-19(11-21(26-15)23(32)25-12-18-3-2-4-20(24)10-18)22-27-29-30(28-22)13-16-5-7-17(14-31)8-6-16/h2-4,9-11,16-17,31H,5-8,12-14H2,1H3,(H,25,32). The number of aliphatic hydroxyl groups is 1. The van der Waals surface area contributed by atoms with Crippen LogP contribution in [0.15, 0.2) is 36.4 Å². The van der Waals surface area contributed by atoms with Gasteiger partial charge in [0, 0.05) is 24.4 Å². The number of hydrogen-bond donors (Lipinski definition) is 2. The summed E-state index contributed by atoms with van der Waals surface area (Å²) in [6.45, 7) is 2.96. The largest absolute Gasteiger partial charge is 0.396 e. The van der Waals surface area contributed by atoms with E-state index in [9.17, 15) is 14.3 Å². The highest BCUT2D eigenvalue weighted by Crippen LogP contribution is 2.29. The van der Waals surface area contributed by atoms with Gasteiger partial charge in [-0.2, -0.15) is 4.80 Å². The Kier molecular flexibility index (Phi) is 6.84. The molecule has 0 spiro atoms. The van der Waals surface area contributed by atoms with Crippen molar-refractivity contribution in [2.45, 2.75) is 45.7 Å². The number of carbonyl (C=O) groups is 1. The quantitative estimate of drug-likeness (QED) is 0.588. The van der Waals surface area contributed by atoms with Gasteiger partial charge in [0.1, 0.15) is 11.5 Å². The molecule has 4 rings (SSSR count). The summed E-state index contributed by atoms with van der Waals surface area (Å²) < 4.78 is 13.3. The fraction of sp³-hybridized carbons (Fsp3) is 0.435. The number of hydrogen-bond acceptors (Lipinski definition) is 6. The van der Waals surface area contributed by atoms with Crippen molar-refractivity contribution in [1.29, 1.82) is 0 Å². The third-order valence-corrected chi connectivity index (χ3v) is 5.89. The van der Waals surface area contributed by atoms with Gasteiger partial charge in [-0.05, 0) is 79.5 Å². The Morgan fingerprint density at radius 2 is 1.97 bits per heavy atom. The van der Waals surface area contributed by atoms with E-state index in [2.05, 4.69) is 25.7 Å². The molecule has 9 heteroatoms. The second kappa shape index (κ2) is 9.95. The molecule has 1 amide bonds. The number of carbonyl (C=O) groups excluding carboxylic acids is 1. The van der Waals surface area contributed by atoms with Crippen LogP contribution in [0, 0.1) is 24.6 Å². The second-order valence-electron chi connectivity index (χ2n) is 8.43. The number of tetrazole rings is 1. The number of aromatic nitrogens is 5. The number of amides is 1. The molecule has 0 unspecified atom stereocenters. The van der Waals surface area contributed by atoms with E-state index in [-0.39, 0.29) is 30.6 Å². The Morgan fingerprint density at radius 3 is 2.72 bits per heavy atom. The van der Waals surface area contributed by atoms with Crippen LogP contribution in [0.3, 0.4) is 0 Å². The van der Waals surface area contributed by atoms with Crippen molar-refractivity contribution >= 4 is 5.91 Å². The smallest absolute Gasteiger partial charge is 0.270 e. The van der Waals surface area contributed by atoms with Crippen LogP contribution in [0.1, 0.15) is 47.4 Å². The number of nitrogens with one attached hydrogen (secondary N) is 1. The first-order valence-electron chi connectivity index (χ1n) is 10.9. The van der Waals surface area contributed by atoms with Crippen molar-refractivity contribution in [2.75, 3.05) is 6.61 Å². The van der Waals surface area contributed by atoms with Gasteiger partial charge in [-0.3, -0.25) is 4.79 Å². The number of nitrogens with zero attached hydrogens (tertiary/aromatic N) is 5. The number of halogens is 1. The zero-order chi connectivity index (χ0) is 22.5. The van der Waals surface area contributed by atoms with Gasteiger partial charge in [0.25, 0.3) is 5.91 Å². The molecule has 1 aromatic carbocycles. The number of rotatable bonds is 7. The van der Waals surface area contributed by atoms with Crippen LogP contribution in [0.5, 0.6) is 0 Å². The van der Waals surface area contributed by atoms with E-state index in [4.69, 9.17) is 0 Å². The molecule has 32 heavy (non-hydrogen) atoms. The molecule has 3 aromatic rings. The molecule has 2 N–H and O–H groups in total. The van der Waals surface area contributed by atoms with Gasteiger partial charge in [0.05, 0.1) is 6.54 Å². The van der Waals surface area contributed by atoms with E-state index >= 15 is 0 Å². The third kappa shape index (κ3) is 5.53. The van der Waals surface area contributed by atoms with E-state index in [0.29, 0.717) is 41.0 Å². The van der Waals surface area contributed by atoms with Crippen LogP contribution in [-0.4, -0.2) is 42.8 Å². The first kappa shape index (κ1) is 22.0. The highest BCUT2D eigenvalue weighted by molar-refractivity contribution is 5.93. The van der Waals surface area contributed by atoms with Gasteiger partial charge in [0.2, 0.25) is 5.82 Å². The lowest BCUT2D eigenvalue weighted by Crippen LogP contribution is -2.24. The fourth-order valence-electron chi connectivity index (χ4n) is 4.10. The van der Waals surface area contributed by atoms with Crippen molar-refractivity contribution in [2.24, 2.45) is 11.8 Å². The summed E-state index contributed by atoms with van der Waals surface area (Å²) in [6.07, 6.45) is 4.15. The average molecular weight is 439 g/mol. The van der Waals surface area contributed by atoms with E-state index in [1.807, 2.05) is 6.07 Å². The maximum atomic E-state index is 13.3. The van der Waals surface area contributed by atoms with Gasteiger partial charge in [-0.15, -0.1) is 10.2 Å². The minimum absolute atomic E-state index is 0.203. The number of benzene rings is 1. The molecule has 1 aliphatic rings. The van der Waals surface area contributed by atoms with E-state index < -0.39 is 0 Å². The molecule has 0 bridgehead atoms. The van der Waals surface area contributed by atoms with Crippen molar-refractivity contribution in [1.82, 2.24) is 30.5 Å². The van der Waals surface area contributed by atoms with E-state index in [1.54, 1.807) is 29.9 Å². The molecular formula is C23H27FN6O2. The number of aliphatic hydroxyl groups excluding tert-OH is 1. The van der Waals surface area contributed by atoms with Crippen molar-refractivity contribution in [3.63, 3.8) is 0 Å². The molecule has 8 nitrogen and oxygen atoms in total. The molecule has 168 valence electrons. The maximum absolute atomic E-state index is 13.3. The predicted molar refractivity (Wildman–Crippen MR) is 116 cm³/mol. The van der Waals surface area contributed by atoms with E-state index in [1.165, 1.54) is 12.1 Å². The van der Waals surface area contributed by atoms with Crippen molar-refractivity contribution in [3.05, 3.63) is 59.2 Å². The second-order valence-corrected chi connectivity index (χ2v) is 8.43. The Balaban J connectivity index is 1.42. The van der Waals surface area contributed by atoms with Gasteiger partial charge in [-0.1, -0.05) is 12.1 Å². The maximum Gasteiger partial charge on any atom is 0.270 e. The molecule has 0 saturated heterocycles. The predicted octanol–water partition coefficient (Wildman–Crippen LogP) is 2.91. The Bertz CT molecular complexity index is 1080. The van der Waals surface area contributed by atoms with E-state index in [0.717, 1.165) is 25.7 Å². The molecule has 1 saturated carbocycles. The monoisotopic (exact) mass is 438 g/mol. The Hall–Kier alpha value is -3.20. The first-order valence-corrected chi connectivity index (χ1v) is 10.9. The topological polar surface area (TPSA) is 106 Å². The van der Waals surface area contributed by atoms with Crippen LogP contribution in [0.2, 0.25) is 0 Å². The number of pyridine rings is 1. The van der Waals surface area contributed by atoms with Crippen LogP contribution in [-0.2, 0) is 13.1 Å². The summed E-state index contributed by atoms with van der Waals surface area (Å²) in [7, 11) is 0. The van der Waals surface area contributed by atoms with Crippen LogP contribution >= 0.6 is 0 Å². The van der Waals surface area contributed by atoms with Gasteiger partial charge in [-0.25, -0.2) is 9.37 Å². The number of aryl methyl sites for hydroxylation is 1. The zero-order valence-electron chi connectivity index (χ0n) is 18.0. The lowest BCUT2D eigenvalue weighted by atomic mass is 9.82. The van der Waals surface area contributed by atoms with Crippen LogP contribution < -0.4 is 5.32 Å². The SMILES string of the molecule is Cc1cc(-c2nnn(CC3CCC(CO)CC3)n2)cc(C(=O)NCc2cccc(F)c2)n1. The summed E-state index contributed by atoms with van der Waals surface area (Å²) in [6, 6.07) is 9.55. The average Bonchev–Trinajstić information content (AvgIpc) is 3.26. The normalized spacial score (nSPS) is 18.5. The van der Waals surface area contributed by atoms with Crippen molar-refractivity contribution < 1.29 is 14.3 Å². The summed E-state index contributed by atoms with van der Waals surface area (Å²) >= 11 is 0. The molecule has 0 aliphatic heterocycles. The minimum Gasteiger partial charge on any atom is -0.396 e. The summed E-state index contributed by atoms with van der Waals surface area (Å²) in [4.78, 5) is 18.5. The van der Waals surface area contributed by atoms with Crippen LogP contribution in [0.25, 0.3) is 11.4 Å². The minimum atomic E-state index is -0.354. The fourth-order valence-corrected chi connectivity index (χ4v) is 4.10. The molecular weight excluding hydrogens is 411 g/mol. The Labute approximate surface area is 185 Å². The van der Waals surface area contributed by atoms with Crippen molar-refractivity contribution in [3.8, 4) is 11.4 Å². The van der Waals surface area contributed by atoms with Gasteiger partial charge >= 0.3 is 0 Å². The molecule has 1 fully saturated rings. The molecule has 2 heterocycles. The summed E-state index contributed by atoms with van der Waals surface area (Å²) in [5.74, 6) is 0.633. The highest BCUT2D eigenvalue weighted by atomic mass is 19.1. The lowest BCUT2D eigenvalue weighted by molar-refractivity contribution is 0.0945. The van der Waals surface area contributed by atoms with Gasteiger partial charge < -0.3 is 10.4 Å². The lowest BCUT2D eigenvalue weighted by Gasteiger charge is -2.26. The first-order chi connectivity index (χ1) is 15.5.